The molecule has 1 saturated heterocycles. The zero-order valence-corrected chi connectivity index (χ0v) is 21.6. The fourth-order valence-electron chi connectivity index (χ4n) is 6.97. The van der Waals surface area contributed by atoms with Gasteiger partial charge in [0.15, 0.2) is 6.20 Å². The molecule has 1 saturated carbocycles. The summed E-state index contributed by atoms with van der Waals surface area (Å²) in [5.41, 5.74) is 6.34. The van der Waals surface area contributed by atoms with Gasteiger partial charge in [0.05, 0.1) is 17.2 Å². The molecule has 2 aromatic carbocycles. The van der Waals surface area contributed by atoms with Gasteiger partial charge in [0.25, 0.3) is 0 Å². The minimum atomic E-state index is -1.16. The second-order valence-electron chi connectivity index (χ2n) is 11.3. The molecule has 0 radical (unpaired) electrons. The molecule has 1 aliphatic heterocycles. The van der Waals surface area contributed by atoms with Crippen molar-refractivity contribution in [2.45, 2.75) is 57.3 Å². The normalized spacial score (nSPS) is 26.4. The van der Waals surface area contributed by atoms with Crippen LogP contribution in [-0.2, 0) is 7.05 Å². The van der Waals surface area contributed by atoms with Gasteiger partial charge in [-0.1, -0.05) is 37.3 Å². The Labute approximate surface area is 204 Å². The van der Waals surface area contributed by atoms with Gasteiger partial charge in [-0.25, -0.2) is 4.57 Å². The molecule has 0 N–H and O–H groups in total. The summed E-state index contributed by atoms with van der Waals surface area (Å²) in [5, 5.41) is 12.2. The molecule has 1 aliphatic carbocycles. The molecule has 6 rings (SSSR count). The van der Waals surface area contributed by atoms with E-state index in [0.29, 0.717) is 11.5 Å². The van der Waals surface area contributed by atoms with E-state index in [1.54, 1.807) is 0 Å². The van der Waals surface area contributed by atoms with Crippen molar-refractivity contribution >= 4 is 30.0 Å². The van der Waals surface area contributed by atoms with E-state index in [-0.39, 0.29) is 0 Å². The summed E-state index contributed by atoms with van der Waals surface area (Å²) in [6, 6.07) is 19.6. The third-order valence-electron chi connectivity index (χ3n) is 8.42. The molecule has 0 spiro atoms. The maximum absolute atomic E-state index is 10.1. The van der Waals surface area contributed by atoms with Crippen LogP contribution in [-0.4, -0.2) is 8.07 Å². The van der Waals surface area contributed by atoms with Crippen molar-refractivity contribution in [2.75, 3.05) is 0 Å². The zero-order valence-electron chi connectivity index (χ0n) is 21.6. The van der Waals surface area contributed by atoms with Crippen molar-refractivity contribution in [1.82, 2.24) is 0 Å². The average Bonchev–Trinajstić information content (AvgIpc) is 3.33. The first-order valence-corrected chi connectivity index (χ1v) is 16.0. The maximum Gasteiger partial charge on any atom is 0.216 e. The van der Waals surface area contributed by atoms with E-state index < -0.39 is 14.0 Å². The highest BCUT2D eigenvalue weighted by atomic mass is 28.3. The van der Waals surface area contributed by atoms with Gasteiger partial charge in [-0.15, -0.1) is 0 Å². The molecule has 34 heavy (non-hydrogen) atoms. The molecule has 2 aliphatic rings. The Hall–Kier alpha value is -2.90. The van der Waals surface area contributed by atoms with E-state index in [1.165, 1.54) is 12.1 Å². The number of pyridine rings is 1. The molecule has 4 heteroatoms. The summed E-state index contributed by atoms with van der Waals surface area (Å²) in [6.07, 6.45) is 4.80. The SMILES string of the molecule is [2H]C1(c2c(C#N)ccc3c2oc2c(-c4cccc[n+]4C)c(C)ccc23)CCC2C[Si](C)(C)CC2C1. The number of rotatable bonds is 2. The highest BCUT2D eigenvalue weighted by Gasteiger charge is 2.44. The predicted molar refractivity (Wildman–Crippen MR) is 140 cm³/mol. The van der Waals surface area contributed by atoms with Crippen LogP contribution in [0.4, 0.5) is 0 Å². The Morgan fingerprint density at radius 1 is 1.03 bits per heavy atom. The number of aromatic nitrogens is 1. The molecule has 3 unspecified atom stereocenters. The van der Waals surface area contributed by atoms with Crippen molar-refractivity contribution in [3.63, 3.8) is 0 Å². The fraction of sp³-hybridized carbons (Fsp3) is 0.400. The molecule has 0 bridgehead atoms. The monoisotopic (exact) mass is 466 g/mol. The number of fused-ring (bicyclic) bond motifs is 4. The van der Waals surface area contributed by atoms with Crippen LogP contribution in [0, 0.1) is 30.1 Å². The van der Waals surface area contributed by atoms with Crippen LogP contribution in [0.3, 0.4) is 0 Å². The third-order valence-corrected chi connectivity index (χ3v) is 11.7. The average molecular weight is 467 g/mol. The number of aryl methyl sites for hydroxylation is 2. The fourth-order valence-corrected chi connectivity index (χ4v) is 11.0. The second-order valence-corrected chi connectivity index (χ2v) is 16.5. The lowest BCUT2D eigenvalue weighted by Crippen LogP contribution is -2.30. The van der Waals surface area contributed by atoms with E-state index >= 15 is 0 Å². The summed E-state index contributed by atoms with van der Waals surface area (Å²) in [4.78, 5) is 0. The Morgan fingerprint density at radius 3 is 2.59 bits per heavy atom. The predicted octanol–water partition coefficient (Wildman–Crippen LogP) is 7.48. The van der Waals surface area contributed by atoms with Crippen LogP contribution in [0.5, 0.6) is 0 Å². The van der Waals surface area contributed by atoms with Crippen LogP contribution in [0.1, 0.15) is 43.2 Å². The van der Waals surface area contributed by atoms with Crippen LogP contribution in [0.15, 0.2) is 53.1 Å². The minimum Gasteiger partial charge on any atom is -0.455 e. The van der Waals surface area contributed by atoms with Crippen LogP contribution in [0.25, 0.3) is 33.2 Å². The van der Waals surface area contributed by atoms with Gasteiger partial charge in [-0.05, 0) is 67.7 Å². The van der Waals surface area contributed by atoms with Gasteiger partial charge >= 0.3 is 0 Å². The zero-order chi connectivity index (χ0) is 24.5. The summed E-state index contributed by atoms with van der Waals surface area (Å²) in [6.45, 7) is 7.13. The van der Waals surface area contributed by atoms with Gasteiger partial charge in [-0.3, -0.25) is 0 Å². The summed E-state index contributed by atoms with van der Waals surface area (Å²) in [7, 11) is 0.890. The van der Waals surface area contributed by atoms with Gasteiger partial charge in [0.1, 0.15) is 18.2 Å². The Morgan fingerprint density at radius 2 is 1.79 bits per heavy atom. The first kappa shape index (κ1) is 20.5. The van der Waals surface area contributed by atoms with Gasteiger partial charge in [0, 0.05) is 37.9 Å². The molecule has 172 valence electrons. The maximum atomic E-state index is 10.1. The smallest absolute Gasteiger partial charge is 0.216 e. The first-order valence-electron chi connectivity index (χ1n) is 13.1. The van der Waals surface area contributed by atoms with Crippen LogP contribution >= 0.6 is 0 Å². The van der Waals surface area contributed by atoms with Crippen molar-refractivity contribution in [2.24, 2.45) is 18.9 Å². The van der Waals surface area contributed by atoms with Crippen molar-refractivity contribution in [3.05, 3.63) is 65.4 Å². The van der Waals surface area contributed by atoms with E-state index in [2.05, 4.69) is 68.2 Å². The van der Waals surface area contributed by atoms with Gasteiger partial charge < -0.3 is 4.42 Å². The van der Waals surface area contributed by atoms with Crippen LogP contribution < -0.4 is 4.57 Å². The molecule has 4 aromatic rings. The topological polar surface area (TPSA) is 40.8 Å². The van der Waals surface area contributed by atoms with E-state index in [4.69, 9.17) is 4.42 Å². The largest absolute Gasteiger partial charge is 0.455 e. The summed E-state index contributed by atoms with van der Waals surface area (Å²) < 4.78 is 18.6. The molecule has 3 heterocycles. The molecular weight excluding hydrogens is 432 g/mol. The standard InChI is InChI=1S/C30H33N2OSi/c1-19-8-12-24-25-13-11-21(16-31)28(20-9-10-22-17-34(3,4)18-23(22)15-20)30(25)33-29(24)27(19)26-7-5-6-14-32(26)2/h5-8,11-14,20,22-23H,9-10,15,17-18H2,1-4H3/q+1/i20D. The van der Waals surface area contributed by atoms with Gasteiger partial charge in [0.2, 0.25) is 5.69 Å². The summed E-state index contributed by atoms with van der Waals surface area (Å²) in [5.74, 6) is 0.597. The Bertz CT molecular complexity index is 1530. The molecule has 2 aromatic heterocycles. The minimum absolute atomic E-state index is 0.600. The van der Waals surface area contributed by atoms with Gasteiger partial charge in [-0.2, -0.15) is 5.26 Å². The van der Waals surface area contributed by atoms with Crippen LogP contribution in [0.2, 0.25) is 25.2 Å². The quantitative estimate of drug-likeness (QED) is 0.227. The number of hydrogen-bond donors (Lipinski definition) is 0. The van der Waals surface area contributed by atoms with Crippen molar-refractivity contribution < 1.29 is 10.4 Å². The van der Waals surface area contributed by atoms with E-state index in [9.17, 15) is 6.63 Å². The lowest BCUT2D eigenvalue weighted by Gasteiger charge is -2.32. The summed E-state index contributed by atoms with van der Waals surface area (Å²) >= 11 is 0. The van der Waals surface area contributed by atoms with Crippen molar-refractivity contribution in [1.29, 1.82) is 5.26 Å². The first-order chi connectivity index (χ1) is 16.7. The second kappa shape index (κ2) is 7.82. The number of furan rings is 1. The lowest BCUT2D eigenvalue weighted by molar-refractivity contribution is -0.660. The van der Waals surface area contributed by atoms with E-state index in [1.807, 2.05) is 18.2 Å². The number of benzene rings is 2. The molecular formula is C30H33N2OSi+. The Balaban J connectivity index is 1.59. The number of nitrogens with zero attached hydrogens (tertiary/aromatic N) is 2. The molecule has 0 amide bonds. The highest BCUT2D eigenvalue weighted by Crippen LogP contribution is 2.53. The number of hydrogen-bond acceptors (Lipinski definition) is 2. The molecule has 3 atom stereocenters. The highest BCUT2D eigenvalue weighted by molar-refractivity contribution is 6.78. The Kier molecular flexibility index (Phi) is 4.71. The van der Waals surface area contributed by atoms with E-state index in [0.717, 1.165) is 69.5 Å². The van der Waals surface area contributed by atoms with Crippen molar-refractivity contribution in [3.8, 4) is 17.3 Å². The number of nitriles is 1. The lowest BCUT2D eigenvalue weighted by atomic mass is 9.72. The molecule has 2 fully saturated rings. The third kappa shape index (κ3) is 3.33. The molecule has 3 nitrogen and oxygen atoms in total.